The van der Waals surface area contributed by atoms with Crippen molar-refractivity contribution < 1.29 is 18.1 Å². The number of nitro benzene ring substituents is 1. The lowest BCUT2D eigenvalue weighted by molar-refractivity contribution is -0.384. The molecule has 0 spiro atoms. The molecular weight excluding hydrogens is 394 g/mol. The molecule has 8 nitrogen and oxygen atoms in total. The van der Waals surface area contributed by atoms with Crippen molar-refractivity contribution in [1.82, 2.24) is 4.31 Å². The normalized spacial score (nSPS) is 15.9. The molecule has 0 unspecified atom stereocenters. The van der Waals surface area contributed by atoms with Crippen molar-refractivity contribution in [3.8, 4) is 0 Å². The van der Waals surface area contributed by atoms with Gasteiger partial charge in [0.1, 0.15) is 0 Å². The molecule has 0 aromatic heterocycles. The molecule has 2 aromatic carbocycles. The number of halogens is 1. The molecule has 0 bridgehead atoms. The molecule has 0 aliphatic carbocycles. The molecule has 2 aromatic rings. The number of sulfonamides is 1. The maximum Gasteiger partial charge on any atom is 0.270 e. The Balaban J connectivity index is 1.79. The van der Waals surface area contributed by atoms with Gasteiger partial charge in [-0.3, -0.25) is 15.1 Å². The van der Waals surface area contributed by atoms with Crippen LogP contribution in [-0.2, 0) is 14.8 Å². The first-order valence-corrected chi connectivity index (χ1v) is 9.86. The predicted molar refractivity (Wildman–Crippen MR) is 101 cm³/mol. The SMILES string of the molecule is O=[N+]([O-])c1ccc(Cl)c(C=Nc2ccc(S(=O)(=O)N3CCOCC3)cc2)c1. The average molecular weight is 410 g/mol. The first-order valence-electron chi connectivity index (χ1n) is 8.04. The number of nitro groups is 1. The van der Waals surface area contributed by atoms with Crippen molar-refractivity contribution in [3.05, 3.63) is 63.2 Å². The molecule has 0 N–H and O–H groups in total. The Morgan fingerprint density at radius 2 is 1.81 bits per heavy atom. The Bertz CT molecular complexity index is 971. The van der Waals surface area contributed by atoms with Crippen molar-refractivity contribution in [2.45, 2.75) is 4.90 Å². The van der Waals surface area contributed by atoms with E-state index < -0.39 is 14.9 Å². The largest absolute Gasteiger partial charge is 0.379 e. The Kier molecular flexibility index (Phi) is 5.85. The summed E-state index contributed by atoms with van der Waals surface area (Å²) in [7, 11) is -3.56. The smallest absolute Gasteiger partial charge is 0.270 e. The van der Waals surface area contributed by atoms with Gasteiger partial charge < -0.3 is 4.74 Å². The van der Waals surface area contributed by atoms with E-state index in [9.17, 15) is 18.5 Å². The first kappa shape index (κ1) is 19.4. The molecule has 3 rings (SSSR count). The molecule has 0 atom stereocenters. The summed E-state index contributed by atoms with van der Waals surface area (Å²) in [6.07, 6.45) is 1.40. The van der Waals surface area contributed by atoms with E-state index in [1.807, 2.05) is 0 Å². The van der Waals surface area contributed by atoms with Gasteiger partial charge in [0, 0.05) is 42.0 Å². The quantitative estimate of drug-likeness (QED) is 0.429. The van der Waals surface area contributed by atoms with Crippen LogP contribution in [0.2, 0.25) is 5.02 Å². The Hall–Kier alpha value is -2.33. The molecule has 142 valence electrons. The molecule has 1 saturated heterocycles. The Labute approximate surface area is 161 Å². The fourth-order valence-electron chi connectivity index (χ4n) is 2.53. The van der Waals surface area contributed by atoms with E-state index in [0.717, 1.165) is 0 Å². The fraction of sp³-hybridized carbons (Fsp3) is 0.235. The molecular formula is C17H16ClN3O5S. The first-order chi connectivity index (χ1) is 12.9. The lowest BCUT2D eigenvalue weighted by atomic mass is 10.2. The summed E-state index contributed by atoms with van der Waals surface area (Å²) >= 11 is 6.03. The zero-order valence-electron chi connectivity index (χ0n) is 14.1. The number of non-ortho nitro benzene ring substituents is 1. The number of hydrogen-bond acceptors (Lipinski definition) is 6. The number of ether oxygens (including phenoxy) is 1. The second-order valence-corrected chi connectivity index (χ2v) is 8.08. The van der Waals surface area contributed by atoms with Crippen LogP contribution in [0.3, 0.4) is 0 Å². The highest BCUT2D eigenvalue weighted by atomic mass is 35.5. The number of benzene rings is 2. The molecule has 1 fully saturated rings. The van der Waals surface area contributed by atoms with Crippen LogP contribution < -0.4 is 0 Å². The topological polar surface area (TPSA) is 102 Å². The Morgan fingerprint density at radius 3 is 2.44 bits per heavy atom. The fourth-order valence-corrected chi connectivity index (χ4v) is 4.10. The second kappa shape index (κ2) is 8.13. The van der Waals surface area contributed by atoms with Crippen molar-refractivity contribution >= 4 is 39.2 Å². The van der Waals surface area contributed by atoms with E-state index in [1.54, 1.807) is 12.1 Å². The molecule has 1 aliphatic rings. The highest BCUT2D eigenvalue weighted by molar-refractivity contribution is 7.89. The maximum atomic E-state index is 12.6. The van der Waals surface area contributed by atoms with Gasteiger partial charge in [0.05, 0.1) is 28.7 Å². The lowest BCUT2D eigenvalue weighted by Crippen LogP contribution is -2.40. The van der Waals surface area contributed by atoms with Crippen molar-refractivity contribution in [2.24, 2.45) is 4.99 Å². The summed E-state index contributed by atoms with van der Waals surface area (Å²) in [5.74, 6) is 0. The summed E-state index contributed by atoms with van der Waals surface area (Å²) in [4.78, 5) is 14.7. The summed E-state index contributed by atoms with van der Waals surface area (Å²) in [6.45, 7) is 1.41. The van der Waals surface area contributed by atoms with Crippen LogP contribution in [0.15, 0.2) is 52.4 Å². The van der Waals surface area contributed by atoms with Gasteiger partial charge in [-0.2, -0.15) is 4.31 Å². The third-order valence-electron chi connectivity index (χ3n) is 3.99. The number of nitrogens with zero attached hydrogens (tertiary/aromatic N) is 3. The number of hydrogen-bond donors (Lipinski definition) is 0. The molecule has 0 amide bonds. The minimum Gasteiger partial charge on any atom is -0.379 e. The standard InChI is InChI=1S/C17H16ClN3O5S/c18-17-6-3-15(21(22)23)11-13(17)12-19-14-1-4-16(5-2-14)27(24,25)20-7-9-26-10-8-20/h1-6,11-12H,7-10H2. The summed E-state index contributed by atoms with van der Waals surface area (Å²) in [5, 5.41) is 11.2. The van der Waals surface area contributed by atoms with E-state index in [0.29, 0.717) is 42.6 Å². The van der Waals surface area contributed by atoms with Crippen LogP contribution >= 0.6 is 11.6 Å². The van der Waals surface area contributed by atoms with Crippen molar-refractivity contribution in [3.63, 3.8) is 0 Å². The van der Waals surface area contributed by atoms with E-state index >= 15 is 0 Å². The minimum absolute atomic E-state index is 0.0900. The van der Waals surface area contributed by atoms with Gasteiger partial charge >= 0.3 is 0 Å². The molecule has 27 heavy (non-hydrogen) atoms. The highest BCUT2D eigenvalue weighted by Crippen LogP contribution is 2.23. The summed E-state index contributed by atoms with van der Waals surface area (Å²) in [6, 6.07) is 10.1. The lowest BCUT2D eigenvalue weighted by Gasteiger charge is -2.26. The number of morpholine rings is 1. The highest BCUT2D eigenvalue weighted by Gasteiger charge is 2.26. The minimum atomic E-state index is -3.56. The van der Waals surface area contributed by atoms with Gasteiger partial charge in [0.25, 0.3) is 5.69 Å². The van der Waals surface area contributed by atoms with Gasteiger partial charge in [-0.05, 0) is 30.3 Å². The van der Waals surface area contributed by atoms with Crippen LogP contribution in [0.4, 0.5) is 11.4 Å². The molecule has 0 radical (unpaired) electrons. The zero-order chi connectivity index (χ0) is 19.4. The van der Waals surface area contributed by atoms with Crippen LogP contribution in [0.25, 0.3) is 0 Å². The van der Waals surface area contributed by atoms with Crippen molar-refractivity contribution in [1.29, 1.82) is 0 Å². The summed E-state index contributed by atoms with van der Waals surface area (Å²) in [5.41, 5.74) is 0.808. The molecule has 10 heteroatoms. The van der Waals surface area contributed by atoms with Gasteiger partial charge in [0.15, 0.2) is 0 Å². The molecule has 1 aliphatic heterocycles. The van der Waals surface area contributed by atoms with Gasteiger partial charge in [-0.15, -0.1) is 0 Å². The zero-order valence-corrected chi connectivity index (χ0v) is 15.7. The van der Waals surface area contributed by atoms with Gasteiger partial charge in [0.2, 0.25) is 10.0 Å². The van der Waals surface area contributed by atoms with Crippen LogP contribution in [0.1, 0.15) is 5.56 Å². The molecule has 1 heterocycles. The third kappa shape index (κ3) is 4.51. The molecule has 0 saturated carbocycles. The number of rotatable bonds is 5. The predicted octanol–water partition coefficient (Wildman–Crippen LogP) is 3.02. The van der Waals surface area contributed by atoms with Crippen LogP contribution in [-0.4, -0.2) is 50.2 Å². The number of aliphatic imine (C=N–C) groups is 1. The second-order valence-electron chi connectivity index (χ2n) is 5.73. The Morgan fingerprint density at radius 1 is 1.15 bits per heavy atom. The third-order valence-corrected chi connectivity index (χ3v) is 6.24. The van der Waals surface area contributed by atoms with E-state index in [4.69, 9.17) is 16.3 Å². The van der Waals surface area contributed by atoms with Crippen LogP contribution in [0.5, 0.6) is 0 Å². The van der Waals surface area contributed by atoms with E-state index in [1.165, 1.54) is 40.9 Å². The van der Waals surface area contributed by atoms with Crippen molar-refractivity contribution in [2.75, 3.05) is 26.3 Å². The van der Waals surface area contributed by atoms with Gasteiger partial charge in [-0.25, -0.2) is 8.42 Å². The van der Waals surface area contributed by atoms with E-state index in [-0.39, 0.29) is 10.6 Å². The van der Waals surface area contributed by atoms with E-state index in [2.05, 4.69) is 4.99 Å². The van der Waals surface area contributed by atoms with Gasteiger partial charge in [-0.1, -0.05) is 11.6 Å². The van der Waals surface area contributed by atoms with Crippen LogP contribution in [0, 0.1) is 10.1 Å². The monoisotopic (exact) mass is 409 g/mol. The maximum absolute atomic E-state index is 12.6. The average Bonchev–Trinajstić information content (AvgIpc) is 2.68. The summed E-state index contributed by atoms with van der Waals surface area (Å²) < 4.78 is 31.7.